The van der Waals surface area contributed by atoms with Crippen LogP contribution in [0.2, 0.25) is 23.2 Å². The molecule has 6 rings (SSSR count). The molecule has 9 nitrogen and oxygen atoms in total. The summed E-state index contributed by atoms with van der Waals surface area (Å²) in [6.45, 7) is 13.9. The summed E-state index contributed by atoms with van der Waals surface area (Å²) in [4.78, 5) is 13.4. The van der Waals surface area contributed by atoms with Crippen LogP contribution in [0, 0.1) is 6.92 Å². The molecule has 3 aromatic carbocycles. The Kier molecular flexibility index (Phi) is 12.0. The number of benzene rings is 3. The normalized spacial score (nSPS) is 12.3. The number of esters is 1. The summed E-state index contributed by atoms with van der Waals surface area (Å²) in [5, 5.41) is 23.9. The zero-order valence-corrected chi connectivity index (χ0v) is 36.4. The Morgan fingerprint density at radius 3 is 2.40 bits per heavy atom. The highest BCUT2D eigenvalue weighted by molar-refractivity contribution is 7.97. The van der Waals surface area contributed by atoms with Gasteiger partial charge in [0.15, 0.2) is 8.32 Å². The Labute approximate surface area is 335 Å². The molecule has 3 aromatic heterocycles. The SMILES string of the molecule is COC(=O)c1c(CCCO[Si](C)(C)C(C)(C)C)c2ccc(Cl)c(-c3c(CSCc4cc(CCc5cc(O)c6ccccc6c5)n(C)n4)c(C)nn3C)c2n1C. The molecule has 55 heavy (non-hydrogen) atoms. The van der Waals surface area contributed by atoms with Crippen LogP contribution >= 0.6 is 23.4 Å². The van der Waals surface area contributed by atoms with Crippen LogP contribution in [0.25, 0.3) is 32.9 Å². The number of ether oxygens (including phenoxy) is 1. The number of aromatic hydroxyl groups is 1. The molecule has 0 aliphatic rings. The molecule has 292 valence electrons. The number of hydrogen-bond donors (Lipinski definition) is 1. The molecule has 0 saturated carbocycles. The maximum atomic E-state index is 13.4. The summed E-state index contributed by atoms with van der Waals surface area (Å²) >= 11 is 8.89. The summed E-state index contributed by atoms with van der Waals surface area (Å²) in [6, 6.07) is 18.1. The number of aryl methyl sites for hydroxylation is 7. The molecule has 0 radical (unpaired) electrons. The van der Waals surface area contributed by atoms with E-state index in [1.165, 1.54) is 7.11 Å². The first-order valence-corrected chi connectivity index (χ1v) is 23.3. The molecule has 0 spiro atoms. The quantitative estimate of drug-likeness (QED) is 0.0666. The van der Waals surface area contributed by atoms with E-state index in [4.69, 9.17) is 31.0 Å². The second-order valence-electron chi connectivity index (χ2n) is 16.0. The van der Waals surface area contributed by atoms with E-state index < -0.39 is 8.32 Å². The summed E-state index contributed by atoms with van der Waals surface area (Å²) in [6.07, 6.45) is 3.07. The van der Waals surface area contributed by atoms with Crippen LogP contribution in [0.5, 0.6) is 5.75 Å². The molecular formula is C43H54ClN5O4SSi. The Hall–Kier alpha value is -4.03. The lowest BCUT2D eigenvalue weighted by Gasteiger charge is -2.36. The Morgan fingerprint density at radius 2 is 1.67 bits per heavy atom. The molecule has 0 fully saturated rings. The van der Waals surface area contributed by atoms with Gasteiger partial charge in [0.1, 0.15) is 11.4 Å². The van der Waals surface area contributed by atoms with Gasteiger partial charge in [-0.3, -0.25) is 9.36 Å². The van der Waals surface area contributed by atoms with Crippen LogP contribution in [-0.4, -0.2) is 57.2 Å². The largest absolute Gasteiger partial charge is 0.507 e. The van der Waals surface area contributed by atoms with Gasteiger partial charge in [-0.15, -0.1) is 0 Å². The lowest BCUT2D eigenvalue weighted by Crippen LogP contribution is -2.41. The first-order valence-electron chi connectivity index (χ1n) is 18.9. The number of thioether (sulfide) groups is 1. The number of carbonyl (C=O) groups is 1. The van der Waals surface area contributed by atoms with E-state index in [1.807, 2.05) is 84.5 Å². The number of rotatable bonds is 14. The van der Waals surface area contributed by atoms with Crippen molar-refractivity contribution < 1.29 is 19.1 Å². The number of carbonyl (C=O) groups excluding carboxylic acids is 1. The van der Waals surface area contributed by atoms with E-state index in [2.05, 4.69) is 46.0 Å². The van der Waals surface area contributed by atoms with Gasteiger partial charge in [-0.05, 0) is 85.5 Å². The van der Waals surface area contributed by atoms with E-state index in [-0.39, 0.29) is 11.0 Å². The fraction of sp³-hybridized carbons (Fsp3) is 0.419. The second-order valence-corrected chi connectivity index (χ2v) is 22.2. The standard InChI is InChI=1S/C43H54ClN5O4SSi/c1-27-35(26-54-25-30-24-31(48(6)46-30)18-17-28-22-29-14-11-12-15-32(29)37(50)23-28)40(49(7)45-27)38-36(44)20-19-34-33(41(42(51)52-8)47(5)39(34)38)16-13-21-53-55(9,10)43(2,3)4/h11-12,14-15,19-20,22-24,50H,13,16-18,21,25-26H2,1-10H3. The summed E-state index contributed by atoms with van der Waals surface area (Å²) < 4.78 is 17.6. The maximum Gasteiger partial charge on any atom is 0.354 e. The number of phenolic OH excluding ortho intramolecular Hbond substituents is 1. The highest BCUT2D eigenvalue weighted by atomic mass is 35.5. The summed E-state index contributed by atoms with van der Waals surface area (Å²) in [5.41, 5.74) is 9.44. The summed E-state index contributed by atoms with van der Waals surface area (Å²) in [5.74, 6) is 1.38. The topological polar surface area (TPSA) is 96.3 Å². The van der Waals surface area contributed by atoms with Gasteiger partial charge in [0, 0.05) is 66.8 Å². The molecule has 0 saturated heterocycles. The predicted octanol–water partition coefficient (Wildman–Crippen LogP) is 10.1. The van der Waals surface area contributed by atoms with Gasteiger partial charge in [0.2, 0.25) is 0 Å². The van der Waals surface area contributed by atoms with Crippen LogP contribution in [0.4, 0.5) is 0 Å². The summed E-state index contributed by atoms with van der Waals surface area (Å²) in [7, 11) is 5.39. The molecule has 0 aliphatic heterocycles. The maximum absolute atomic E-state index is 13.4. The molecule has 0 aliphatic carbocycles. The van der Waals surface area contributed by atoms with Gasteiger partial charge >= 0.3 is 5.97 Å². The minimum absolute atomic E-state index is 0.123. The van der Waals surface area contributed by atoms with E-state index >= 15 is 0 Å². The molecule has 0 atom stereocenters. The fourth-order valence-corrected chi connectivity index (χ4v) is 9.65. The van der Waals surface area contributed by atoms with Crippen LogP contribution in [0.3, 0.4) is 0 Å². The molecule has 0 bridgehead atoms. The number of fused-ring (bicyclic) bond motifs is 2. The molecular weight excluding hydrogens is 746 g/mol. The zero-order chi connectivity index (χ0) is 39.8. The van der Waals surface area contributed by atoms with Crippen molar-refractivity contribution in [3.8, 4) is 17.0 Å². The van der Waals surface area contributed by atoms with Crippen molar-refractivity contribution >= 4 is 59.3 Å². The molecule has 12 heteroatoms. The first-order chi connectivity index (χ1) is 26.0. The van der Waals surface area contributed by atoms with Crippen LogP contribution in [0.1, 0.15) is 71.5 Å². The highest BCUT2D eigenvalue weighted by Gasteiger charge is 2.37. The average molecular weight is 801 g/mol. The lowest BCUT2D eigenvalue weighted by atomic mass is 10.0. The number of hydrogen-bond acceptors (Lipinski definition) is 7. The predicted molar refractivity (Wildman–Crippen MR) is 229 cm³/mol. The highest BCUT2D eigenvalue weighted by Crippen LogP contribution is 2.42. The average Bonchev–Trinajstić information content (AvgIpc) is 3.73. The fourth-order valence-electron chi connectivity index (χ4n) is 7.32. The van der Waals surface area contributed by atoms with Gasteiger partial charge in [0.05, 0.1) is 34.7 Å². The smallest absolute Gasteiger partial charge is 0.354 e. The minimum Gasteiger partial charge on any atom is -0.507 e. The van der Waals surface area contributed by atoms with Crippen LogP contribution in [-0.2, 0) is 61.1 Å². The van der Waals surface area contributed by atoms with E-state index in [0.717, 1.165) is 91.7 Å². The second kappa shape index (κ2) is 16.2. The van der Waals surface area contributed by atoms with Crippen LogP contribution in [0.15, 0.2) is 54.6 Å². The molecule has 0 amide bonds. The van der Waals surface area contributed by atoms with Crippen molar-refractivity contribution in [2.24, 2.45) is 21.1 Å². The number of phenols is 1. The van der Waals surface area contributed by atoms with Gasteiger partial charge in [0.25, 0.3) is 0 Å². The molecule has 3 heterocycles. The Balaban J connectivity index is 1.23. The van der Waals surface area contributed by atoms with E-state index in [1.54, 1.807) is 11.8 Å². The van der Waals surface area contributed by atoms with Gasteiger partial charge in [-0.1, -0.05) is 68.8 Å². The number of methoxy groups -OCH3 is 1. The van der Waals surface area contributed by atoms with Crippen molar-refractivity contribution in [2.75, 3.05) is 13.7 Å². The van der Waals surface area contributed by atoms with Gasteiger partial charge in [-0.2, -0.15) is 22.0 Å². The first kappa shape index (κ1) is 40.6. The third-order valence-corrected chi connectivity index (χ3v) is 17.1. The van der Waals surface area contributed by atoms with Crippen molar-refractivity contribution in [3.63, 3.8) is 0 Å². The minimum atomic E-state index is -1.90. The van der Waals surface area contributed by atoms with Gasteiger partial charge in [-0.25, -0.2) is 4.79 Å². The molecule has 1 N–H and O–H groups in total. The number of aromatic nitrogens is 5. The molecule has 0 unspecified atom stereocenters. The van der Waals surface area contributed by atoms with Crippen molar-refractivity contribution in [2.45, 2.75) is 83.0 Å². The molecule has 6 aromatic rings. The number of halogens is 1. The lowest BCUT2D eigenvalue weighted by molar-refractivity contribution is 0.0589. The number of nitrogens with zero attached hydrogens (tertiary/aromatic N) is 5. The van der Waals surface area contributed by atoms with Crippen molar-refractivity contribution in [1.82, 2.24) is 24.1 Å². The Morgan fingerprint density at radius 1 is 0.927 bits per heavy atom. The van der Waals surface area contributed by atoms with E-state index in [9.17, 15) is 9.90 Å². The monoisotopic (exact) mass is 799 g/mol. The third kappa shape index (κ3) is 8.26. The van der Waals surface area contributed by atoms with Crippen molar-refractivity contribution in [1.29, 1.82) is 0 Å². The van der Waals surface area contributed by atoms with E-state index in [0.29, 0.717) is 35.2 Å². The zero-order valence-electron chi connectivity index (χ0n) is 33.8. The Bertz CT molecular complexity index is 2370. The van der Waals surface area contributed by atoms with Crippen molar-refractivity contribution in [3.05, 3.63) is 99.1 Å². The third-order valence-electron chi connectivity index (χ3n) is 11.3. The van der Waals surface area contributed by atoms with Crippen LogP contribution < -0.4 is 0 Å². The van der Waals surface area contributed by atoms with Gasteiger partial charge < -0.3 is 18.8 Å².